The molecule has 0 radical (unpaired) electrons. The van der Waals surface area contributed by atoms with Crippen molar-refractivity contribution in [3.63, 3.8) is 0 Å². The van der Waals surface area contributed by atoms with Crippen LogP contribution in [0.4, 0.5) is 0 Å². The summed E-state index contributed by atoms with van der Waals surface area (Å²) in [6, 6.07) is 41.9. The molecule has 0 N–H and O–H groups in total. The second kappa shape index (κ2) is 9.51. The van der Waals surface area contributed by atoms with E-state index in [1.165, 1.54) is 11.7 Å². The molecule has 0 fully saturated rings. The zero-order valence-electron chi connectivity index (χ0n) is 24.3. The molecule has 0 amide bonds. The maximum atomic E-state index is 6.00. The summed E-state index contributed by atoms with van der Waals surface area (Å²) in [6.45, 7) is 0. The molecule has 4 aromatic heterocycles. The molecule has 4 heterocycles. The summed E-state index contributed by atoms with van der Waals surface area (Å²) in [5, 5.41) is 8.60. The quantitative estimate of drug-likeness (QED) is 0.191. The van der Waals surface area contributed by atoms with Crippen LogP contribution >= 0.6 is 0 Å². The van der Waals surface area contributed by atoms with E-state index < -0.39 is 0 Å². The summed E-state index contributed by atoms with van der Waals surface area (Å²) in [5.41, 5.74) is 5.13. The molecule has 10 aromatic rings. The molecular formula is C39H22N6O. The molecule has 6 aromatic carbocycles. The van der Waals surface area contributed by atoms with Crippen molar-refractivity contribution in [2.24, 2.45) is 0 Å². The highest BCUT2D eigenvalue weighted by Crippen LogP contribution is 2.37. The summed E-state index contributed by atoms with van der Waals surface area (Å²) >= 11 is 0. The van der Waals surface area contributed by atoms with Gasteiger partial charge in [0.05, 0.1) is 16.4 Å². The zero-order valence-corrected chi connectivity index (χ0v) is 24.3. The molecule has 0 saturated carbocycles. The normalized spacial score (nSPS) is 11.9. The smallest absolute Gasteiger partial charge is 0.238 e. The number of nitrogens with zero attached hydrogens (tertiary/aromatic N) is 6. The fourth-order valence-electron chi connectivity index (χ4n) is 6.76. The molecule has 0 saturated heterocycles. The molecular weight excluding hydrogens is 568 g/mol. The van der Waals surface area contributed by atoms with Gasteiger partial charge in [-0.3, -0.25) is 4.57 Å². The second-order valence-corrected chi connectivity index (χ2v) is 11.4. The highest BCUT2D eigenvalue weighted by Gasteiger charge is 2.20. The van der Waals surface area contributed by atoms with Gasteiger partial charge in [-0.05, 0) is 46.5 Å². The van der Waals surface area contributed by atoms with Gasteiger partial charge in [0.2, 0.25) is 11.7 Å². The Hall–Kier alpha value is -6.47. The van der Waals surface area contributed by atoms with Gasteiger partial charge in [0, 0.05) is 38.9 Å². The Balaban J connectivity index is 1.31. The van der Waals surface area contributed by atoms with Crippen LogP contribution in [0.2, 0.25) is 0 Å². The highest BCUT2D eigenvalue weighted by atomic mass is 16.3. The van der Waals surface area contributed by atoms with Gasteiger partial charge in [-0.2, -0.15) is 9.97 Å². The summed E-state index contributed by atoms with van der Waals surface area (Å²) in [7, 11) is 0. The number of hydrogen-bond acceptors (Lipinski definition) is 6. The monoisotopic (exact) mass is 590 g/mol. The van der Waals surface area contributed by atoms with Crippen molar-refractivity contribution >= 4 is 65.4 Å². The summed E-state index contributed by atoms with van der Waals surface area (Å²) < 4.78 is 8.14. The van der Waals surface area contributed by atoms with Crippen molar-refractivity contribution in [1.29, 1.82) is 0 Å². The van der Waals surface area contributed by atoms with Gasteiger partial charge < -0.3 is 4.42 Å². The van der Waals surface area contributed by atoms with Gasteiger partial charge in [0.15, 0.2) is 11.6 Å². The first-order valence-electron chi connectivity index (χ1n) is 15.1. The Labute approximate surface area is 261 Å². The molecule has 0 aliphatic rings. The third-order valence-corrected chi connectivity index (χ3v) is 8.82. The number of hydrogen-bond donors (Lipinski definition) is 0. The van der Waals surface area contributed by atoms with Crippen molar-refractivity contribution in [1.82, 2.24) is 29.5 Å². The Bertz CT molecular complexity index is 2780. The van der Waals surface area contributed by atoms with Crippen LogP contribution < -0.4 is 0 Å². The van der Waals surface area contributed by atoms with Gasteiger partial charge in [-0.1, -0.05) is 91.0 Å². The average molecular weight is 591 g/mol. The lowest BCUT2D eigenvalue weighted by Gasteiger charge is -2.13. The molecule has 0 aliphatic carbocycles. The van der Waals surface area contributed by atoms with Crippen molar-refractivity contribution in [3.8, 4) is 28.7 Å². The largest absolute Gasteiger partial charge is 0.438 e. The predicted molar refractivity (Wildman–Crippen MR) is 183 cm³/mol. The predicted octanol–water partition coefficient (Wildman–Crippen LogP) is 9.30. The lowest BCUT2D eigenvalue weighted by molar-refractivity contribution is 0.653. The molecule has 7 nitrogen and oxygen atoms in total. The summed E-state index contributed by atoms with van der Waals surface area (Å²) in [4.78, 5) is 24.1. The fraction of sp³-hybridized carbons (Fsp3) is 0. The van der Waals surface area contributed by atoms with Crippen LogP contribution in [-0.2, 0) is 0 Å². The first-order chi connectivity index (χ1) is 22.8. The van der Waals surface area contributed by atoms with Crippen LogP contribution in [0.5, 0.6) is 0 Å². The van der Waals surface area contributed by atoms with E-state index in [9.17, 15) is 0 Å². The minimum atomic E-state index is 0.548. The second-order valence-electron chi connectivity index (χ2n) is 11.4. The van der Waals surface area contributed by atoms with E-state index in [-0.39, 0.29) is 0 Å². The third kappa shape index (κ3) is 3.63. The molecule has 0 spiro atoms. The molecule has 46 heavy (non-hydrogen) atoms. The van der Waals surface area contributed by atoms with Gasteiger partial charge in [0.25, 0.3) is 0 Å². The molecule has 10 rings (SSSR count). The number of aromatic nitrogens is 6. The Kier molecular flexibility index (Phi) is 5.15. The van der Waals surface area contributed by atoms with Gasteiger partial charge in [0.1, 0.15) is 11.9 Å². The lowest BCUT2D eigenvalue weighted by atomic mass is 9.97. The number of benzene rings is 6. The van der Waals surface area contributed by atoms with E-state index in [0.29, 0.717) is 23.3 Å². The number of furan rings is 1. The van der Waals surface area contributed by atoms with Crippen molar-refractivity contribution < 1.29 is 4.42 Å². The molecule has 0 aliphatic heterocycles. The standard InChI is InChI=1S/C39H22N6O/c1-2-10-26-23(8-1)16-17-24-9-7-13-29(35(24)26)37-42-36(25-18-19-34-30(20-25)31-21-40-22-41-38(31)46-34)43-39(44-37)45-32-14-5-3-11-27(32)28-12-4-6-15-33(28)45/h1-22H. The van der Waals surface area contributed by atoms with Crippen LogP contribution in [0, 0.1) is 0 Å². The Morgan fingerprint density at radius 2 is 1.26 bits per heavy atom. The van der Waals surface area contributed by atoms with Gasteiger partial charge in [-0.25, -0.2) is 15.0 Å². The maximum absolute atomic E-state index is 6.00. The number of rotatable bonds is 3. The maximum Gasteiger partial charge on any atom is 0.238 e. The van der Waals surface area contributed by atoms with E-state index in [1.807, 2.05) is 12.1 Å². The van der Waals surface area contributed by atoms with Crippen LogP contribution in [0.1, 0.15) is 0 Å². The van der Waals surface area contributed by atoms with Crippen molar-refractivity contribution in [2.45, 2.75) is 0 Å². The average Bonchev–Trinajstić information content (AvgIpc) is 3.66. The summed E-state index contributed by atoms with van der Waals surface area (Å²) in [6.07, 6.45) is 3.28. The minimum absolute atomic E-state index is 0.548. The fourth-order valence-corrected chi connectivity index (χ4v) is 6.76. The van der Waals surface area contributed by atoms with E-state index in [2.05, 4.69) is 124 Å². The van der Waals surface area contributed by atoms with Gasteiger partial charge in [-0.15, -0.1) is 0 Å². The first kappa shape index (κ1) is 24.9. The first-order valence-corrected chi connectivity index (χ1v) is 15.1. The van der Waals surface area contributed by atoms with E-state index in [4.69, 9.17) is 19.4 Å². The van der Waals surface area contributed by atoms with Crippen LogP contribution in [-0.4, -0.2) is 29.5 Å². The van der Waals surface area contributed by atoms with Crippen LogP contribution in [0.3, 0.4) is 0 Å². The highest BCUT2D eigenvalue weighted by molar-refractivity contribution is 6.14. The Morgan fingerprint density at radius 1 is 0.543 bits per heavy atom. The Morgan fingerprint density at radius 3 is 2.11 bits per heavy atom. The summed E-state index contributed by atoms with van der Waals surface area (Å²) in [5.74, 6) is 1.71. The molecule has 214 valence electrons. The third-order valence-electron chi connectivity index (χ3n) is 8.82. The lowest BCUT2D eigenvalue weighted by Crippen LogP contribution is -2.06. The number of para-hydroxylation sites is 2. The van der Waals surface area contributed by atoms with E-state index >= 15 is 0 Å². The van der Waals surface area contributed by atoms with Crippen molar-refractivity contribution in [2.75, 3.05) is 0 Å². The van der Waals surface area contributed by atoms with E-state index in [1.54, 1.807) is 6.20 Å². The van der Waals surface area contributed by atoms with Crippen molar-refractivity contribution in [3.05, 3.63) is 134 Å². The molecule has 0 bridgehead atoms. The zero-order chi connectivity index (χ0) is 30.2. The molecule has 7 heteroatoms. The molecule has 0 atom stereocenters. The molecule has 0 unspecified atom stereocenters. The van der Waals surface area contributed by atoms with Crippen LogP contribution in [0.15, 0.2) is 138 Å². The SMILES string of the molecule is c1ccc2c(c1)ccc1cccc(-c3nc(-c4ccc5oc6ncncc6c5c4)nc(-n4c5ccccc5c5ccccc54)n3)c12. The topological polar surface area (TPSA) is 82.5 Å². The minimum Gasteiger partial charge on any atom is -0.438 e. The van der Waals surface area contributed by atoms with Gasteiger partial charge >= 0.3 is 0 Å². The number of fused-ring (bicyclic) bond motifs is 9. The van der Waals surface area contributed by atoms with Crippen LogP contribution in [0.25, 0.3) is 94.1 Å². The van der Waals surface area contributed by atoms with E-state index in [0.717, 1.165) is 65.4 Å².